The topological polar surface area (TPSA) is 55.7 Å². The number of nitrogens with one attached hydrogen (secondary N) is 1. The van der Waals surface area contributed by atoms with E-state index in [1.807, 2.05) is 30.3 Å². The first kappa shape index (κ1) is 16.9. The highest BCUT2D eigenvalue weighted by Gasteiger charge is 2.57. The minimum absolute atomic E-state index is 0.0121. The van der Waals surface area contributed by atoms with Crippen molar-refractivity contribution in [3.63, 3.8) is 0 Å². The van der Waals surface area contributed by atoms with Gasteiger partial charge in [0.2, 0.25) is 0 Å². The smallest absolute Gasteiger partial charge is 0.134 e. The van der Waals surface area contributed by atoms with E-state index in [9.17, 15) is 10.2 Å². The molecule has 132 valence electrons. The highest BCUT2D eigenvalue weighted by atomic mass is 35.5. The third-order valence-electron chi connectivity index (χ3n) is 5.90. The van der Waals surface area contributed by atoms with Crippen LogP contribution in [0.1, 0.15) is 17.2 Å². The highest BCUT2D eigenvalue weighted by molar-refractivity contribution is 6.32. The van der Waals surface area contributed by atoms with Crippen molar-refractivity contribution in [1.29, 1.82) is 0 Å². The number of nitrogens with zero attached hydrogens (tertiary/aromatic N) is 1. The summed E-state index contributed by atoms with van der Waals surface area (Å²) in [6.45, 7) is 1.88. The predicted octanol–water partition coefficient (Wildman–Crippen LogP) is 2.76. The van der Waals surface area contributed by atoms with Crippen LogP contribution in [0.25, 0.3) is 0 Å². The normalized spacial score (nSPS) is 32.0. The van der Waals surface area contributed by atoms with Gasteiger partial charge in [0.15, 0.2) is 0 Å². The maximum Gasteiger partial charge on any atom is 0.134 e. The second kappa shape index (κ2) is 6.29. The third kappa shape index (κ3) is 2.56. The lowest BCUT2D eigenvalue weighted by molar-refractivity contribution is 0.129. The lowest BCUT2D eigenvalue weighted by Gasteiger charge is -2.35. The molecule has 2 saturated heterocycles. The Morgan fingerprint density at radius 1 is 1.16 bits per heavy atom. The Labute approximate surface area is 153 Å². The number of aromatic hydroxyl groups is 1. The standard InChI is InChI=1S/C20H23ClN2O2/c1-23-10-15-16(11-23)20(12-24,13-6-3-2-4-7-13)22-19(15)14-8-5-9-17(25)18(14)21/h2-9,15-16,19,22,24-25H,10-12H2,1H3/t15-,16+,19-,20-/m1/s1. The minimum Gasteiger partial charge on any atom is -0.506 e. The van der Waals surface area contributed by atoms with E-state index >= 15 is 0 Å². The molecule has 0 aliphatic carbocycles. The van der Waals surface area contributed by atoms with Crippen LogP contribution in [-0.4, -0.2) is 41.9 Å². The van der Waals surface area contributed by atoms with Gasteiger partial charge in [-0.05, 0) is 30.2 Å². The van der Waals surface area contributed by atoms with Gasteiger partial charge in [0.1, 0.15) is 5.75 Å². The zero-order valence-corrected chi connectivity index (χ0v) is 14.9. The van der Waals surface area contributed by atoms with Crippen LogP contribution in [0.4, 0.5) is 0 Å². The van der Waals surface area contributed by atoms with Crippen molar-refractivity contribution in [2.24, 2.45) is 11.8 Å². The Kier molecular flexibility index (Phi) is 4.24. The molecule has 0 saturated carbocycles. The van der Waals surface area contributed by atoms with E-state index in [2.05, 4.69) is 29.4 Å². The zero-order valence-electron chi connectivity index (χ0n) is 14.2. The fourth-order valence-corrected chi connectivity index (χ4v) is 5.00. The van der Waals surface area contributed by atoms with Gasteiger partial charge in [0.25, 0.3) is 0 Å². The number of aliphatic hydroxyl groups is 1. The van der Waals surface area contributed by atoms with Gasteiger partial charge in [-0.2, -0.15) is 0 Å². The van der Waals surface area contributed by atoms with Crippen molar-refractivity contribution in [3.8, 4) is 5.75 Å². The number of benzene rings is 2. The van der Waals surface area contributed by atoms with Crippen molar-refractivity contribution in [1.82, 2.24) is 10.2 Å². The summed E-state index contributed by atoms with van der Waals surface area (Å²) in [4.78, 5) is 2.31. The molecule has 2 aromatic rings. The molecule has 0 radical (unpaired) electrons. The van der Waals surface area contributed by atoms with E-state index in [-0.39, 0.29) is 24.3 Å². The van der Waals surface area contributed by atoms with Crippen LogP contribution in [0.3, 0.4) is 0 Å². The Balaban J connectivity index is 1.82. The lowest BCUT2D eigenvalue weighted by Crippen LogP contribution is -2.47. The van der Waals surface area contributed by atoms with Gasteiger partial charge in [0, 0.05) is 25.0 Å². The van der Waals surface area contributed by atoms with Gasteiger partial charge in [-0.3, -0.25) is 5.32 Å². The Morgan fingerprint density at radius 3 is 2.64 bits per heavy atom. The van der Waals surface area contributed by atoms with Crippen LogP contribution < -0.4 is 5.32 Å². The number of aliphatic hydroxyl groups excluding tert-OH is 1. The van der Waals surface area contributed by atoms with Gasteiger partial charge >= 0.3 is 0 Å². The largest absolute Gasteiger partial charge is 0.506 e. The second-order valence-electron chi connectivity index (χ2n) is 7.29. The number of fused-ring (bicyclic) bond motifs is 1. The fourth-order valence-electron chi connectivity index (χ4n) is 4.76. The zero-order chi connectivity index (χ0) is 17.6. The molecular weight excluding hydrogens is 336 g/mol. The molecular formula is C20H23ClN2O2. The van der Waals surface area contributed by atoms with E-state index in [4.69, 9.17) is 11.6 Å². The quantitative estimate of drug-likeness (QED) is 0.789. The van der Waals surface area contributed by atoms with Gasteiger partial charge in [0.05, 0.1) is 17.2 Å². The van der Waals surface area contributed by atoms with Crippen molar-refractivity contribution in [2.45, 2.75) is 11.6 Å². The number of likely N-dealkylation sites (tertiary alicyclic amines) is 1. The molecule has 4 rings (SSSR count). The molecule has 2 fully saturated rings. The summed E-state index contributed by atoms with van der Waals surface area (Å²) in [7, 11) is 2.12. The van der Waals surface area contributed by atoms with Crippen LogP contribution in [0, 0.1) is 11.8 Å². The monoisotopic (exact) mass is 358 g/mol. The number of rotatable bonds is 3. The molecule has 2 aliphatic heterocycles. The van der Waals surface area contributed by atoms with Crippen LogP contribution in [0.15, 0.2) is 48.5 Å². The molecule has 2 heterocycles. The first-order valence-electron chi connectivity index (χ1n) is 8.67. The van der Waals surface area contributed by atoms with Crippen molar-refractivity contribution >= 4 is 11.6 Å². The van der Waals surface area contributed by atoms with E-state index in [0.717, 1.165) is 24.2 Å². The van der Waals surface area contributed by atoms with E-state index < -0.39 is 5.54 Å². The third-order valence-corrected chi connectivity index (χ3v) is 6.32. The fraction of sp³-hybridized carbons (Fsp3) is 0.400. The molecule has 4 atom stereocenters. The minimum atomic E-state index is -0.504. The van der Waals surface area contributed by atoms with Crippen molar-refractivity contribution < 1.29 is 10.2 Å². The summed E-state index contributed by atoms with van der Waals surface area (Å²) in [5, 5.41) is 24.6. The van der Waals surface area contributed by atoms with Gasteiger partial charge in [-0.25, -0.2) is 0 Å². The Bertz CT molecular complexity index is 770. The Morgan fingerprint density at radius 2 is 1.92 bits per heavy atom. The maximum absolute atomic E-state index is 10.4. The van der Waals surface area contributed by atoms with Crippen LogP contribution in [0.5, 0.6) is 5.75 Å². The molecule has 0 bridgehead atoms. The molecule has 4 nitrogen and oxygen atoms in total. The number of hydrogen-bond donors (Lipinski definition) is 3. The predicted molar refractivity (Wildman–Crippen MR) is 98.7 cm³/mol. The van der Waals surface area contributed by atoms with Crippen LogP contribution >= 0.6 is 11.6 Å². The molecule has 0 amide bonds. The first-order valence-corrected chi connectivity index (χ1v) is 9.04. The van der Waals surface area contributed by atoms with E-state index in [1.165, 1.54) is 0 Å². The molecule has 2 aliphatic rings. The van der Waals surface area contributed by atoms with Gasteiger partial charge in [-0.15, -0.1) is 0 Å². The summed E-state index contributed by atoms with van der Waals surface area (Å²) < 4.78 is 0. The molecule has 2 aromatic carbocycles. The lowest BCUT2D eigenvalue weighted by atomic mass is 9.76. The molecule has 5 heteroatoms. The summed E-state index contributed by atoms with van der Waals surface area (Å²) in [5.74, 6) is 0.690. The van der Waals surface area contributed by atoms with Crippen molar-refractivity contribution in [2.75, 3.05) is 26.7 Å². The highest BCUT2D eigenvalue weighted by Crippen LogP contribution is 2.52. The molecule has 3 N–H and O–H groups in total. The molecule has 0 unspecified atom stereocenters. The maximum atomic E-state index is 10.4. The van der Waals surface area contributed by atoms with E-state index in [1.54, 1.807) is 6.07 Å². The number of phenolic OH excluding ortho intramolecular Hbond substituents is 1. The molecule has 25 heavy (non-hydrogen) atoms. The van der Waals surface area contributed by atoms with Gasteiger partial charge in [-0.1, -0.05) is 54.1 Å². The molecule has 0 spiro atoms. The summed E-state index contributed by atoms with van der Waals surface area (Å²) in [6, 6.07) is 15.5. The molecule has 0 aromatic heterocycles. The van der Waals surface area contributed by atoms with Gasteiger partial charge < -0.3 is 15.1 Å². The Hall–Kier alpha value is -1.59. The number of halogens is 1. The first-order chi connectivity index (χ1) is 12.1. The second-order valence-corrected chi connectivity index (χ2v) is 7.67. The van der Waals surface area contributed by atoms with Crippen LogP contribution in [-0.2, 0) is 5.54 Å². The average molecular weight is 359 g/mol. The summed E-state index contributed by atoms with van der Waals surface area (Å²) in [5.41, 5.74) is 1.50. The number of hydrogen-bond acceptors (Lipinski definition) is 4. The number of phenols is 1. The van der Waals surface area contributed by atoms with Crippen LogP contribution in [0.2, 0.25) is 5.02 Å². The van der Waals surface area contributed by atoms with Crippen molar-refractivity contribution in [3.05, 3.63) is 64.7 Å². The average Bonchev–Trinajstić information content (AvgIpc) is 3.15. The van der Waals surface area contributed by atoms with E-state index in [0.29, 0.717) is 10.9 Å². The summed E-state index contributed by atoms with van der Waals surface area (Å²) in [6.07, 6.45) is 0. The SMILES string of the molecule is CN1C[C@H]2[C@@H](c3cccc(O)c3Cl)N[C@](CO)(c3ccccc3)[C@H]2C1. The summed E-state index contributed by atoms with van der Waals surface area (Å²) >= 11 is 6.42.